The summed E-state index contributed by atoms with van der Waals surface area (Å²) >= 11 is 1.88. The molecule has 0 radical (unpaired) electrons. The topological polar surface area (TPSA) is 23.6 Å². The van der Waals surface area contributed by atoms with E-state index < -0.39 is 0 Å². The molecule has 2 aliphatic rings. The number of rotatable bonds is 4. The highest BCUT2D eigenvalue weighted by molar-refractivity contribution is 7.10. The van der Waals surface area contributed by atoms with E-state index in [-0.39, 0.29) is 0 Å². The minimum atomic E-state index is 0.306. The molecule has 1 saturated heterocycles. The Labute approximate surface area is 147 Å². The summed E-state index contributed by atoms with van der Waals surface area (Å²) < 4.78 is 0. The first kappa shape index (κ1) is 15.9. The van der Waals surface area contributed by atoms with Gasteiger partial charge in [0.1, 0.15) is 0 Å². The summed E-state index contributed by atoms with van der Waals surface area (Å²) in [5.74, 6) is 0.306. The van der Waals surface area contributed by atoms with E-state index in [4.69, 9.17) is 0 Å². The number of benzene rings is 1. The zero-order valence-electron chi connectivity index (χ0n) is 14.2. The third-order valence-electron chi connectivity index (χ3n) is 5.28. The van der Waals surface area contributed by atoms with E-state index >= 15 is 0 Å². The third-order valence-corrected chi connectivity index (χ3v) is 6.30. The molecule has 1 fully saturated rings. The minimum absolute atomic E-state index is 0.306. The molecule has 0 aliphatic carbocycles. The van der Waals surface area contributed by atoms with Crippen molar-refractivity contribution in [3.63, 3.8) is 0 Å². The van der Waals surface area contributed by atoms with Crippen molar-refractivity contribution in [2.75, 3.05) is 19.6 Å². The Morgan fingerprint density at radius 1 is 1.29 bits per heavy atom. The molecule has 0 spiro atoms. The molecule has 0 saturated carbocycles. The molecule has 1 aromatic heterocycles. The van der Waals surface area contributed by atoms with Gasteiger partial charge in [-0.1, -0.05) is 29.8 Å². The van der Waals surface area contributed by atoms with Crippen LogP contribution in [0, 0.1) is 6.92 Å². The monoisotopic (exact) mass is 340 g/mol. The number of nitrogens with zero attached hydrogens (tertiary/aromatic N) is 2. The van der Waals surface area contributed by atoms with Gasteiger partial charge in [0.05, 0.1) is 0 Å². The third kappa shape index (κ3) is 3.26. The van der Waals surface area contributed by atoms with Gasteiger partial charge in [-0.15, -0.1) is 11.3 Å². The van der Waals surface area contributed by atoms with Crippen LogP contribution in [0.25, 0.3) is 0 Å². The second-order valence-corrected chi connectivity index (χ2v) is 8.03. The maximum atomic E-state index is 12.4. The number of amides is 1. The van der Waals surface area contributed by atoms with Crippen LogP contribution >= 0.6 is 11.3 Å². The van der Waals surface area contributed by atoms with Crippen LogP contribution in [0.2, 0.25) is 0 Å². The molecule has 24 heavy (non-hydrogen) atoms. The molecule has 0 N–H and O–H groups in total. The number of hydrogen-bond acceptors (Lipinski definition) is 3. The fourth-order valence-corrected chi connectivity index (χ4v) is 4.64. The lowest BCUT2D eigenvalue weighted by atomic mass is 10.0. The molecule has 1 aromatic carbocycles. The fraction of sp³-hybridized carbons (Fsp3) is 0.450. The molecule has 2 aromatic rings. The molecule has 3 nitrogen and oxygen atoms in total. The lowest BCUT2D eigenvalue weighted by molar-refractivity contribution is -0.138. The number of thiophene rings is 1. The van der Waals surface area contributed by atoms with Gasteiger partial charge in [0.25, 0.3) is 0 Å². The van der Waals surface area contributed by atoms with Crippen LogP contribution in [-0.4, -0.2) is 41.4 Å². The van der Waals surface area contributed by atoms with Gasteiger partial charge in [0.15, 0.2) is 0 Å². The van der Waals surface area contributed by atoms with Gasteiger partial charge in [0, 0.05) is 43.5 Å². The molecule has 126 valence electrons. The van der Waals surface area contributed by atoms with Crippen molar-refractivity contribution in [2.24, 2.45) is 0 Å². The van der Waals surface area contributed by atoms with E-state index in [1.54, 1.807) is 4.88 Å². The highest BCUT2D eigenvalue weighted by atomic mass is 32.1. The van der Waals surface area contributed by atoms with Crippen molar-refractivity contribution in [1.29, 1.82) is 0 Å². The number of likely N-dealkylation sites (tertiary alicyclic amines) is 1. The Morgan fingerprint density at radius 3 is 3.00 bits per heavy atom. The van der Waals surface area contributed by atoms with E-state index in [2.05, 4.69) is 47.5 Å². The second kappa shape index (κ2) is 6.69. The molecule has 0 bridgehead atoms. The average Bonchev–Trinajstić information content (AvgIpc) is 2.99. The standard InChI is InChI=1S/C20H24N2OS/c1-15-3-2-4-16(11-15)5-6-20(23)22-13-18(14-22)21-9-7-19-17(12-21)8-10-24-19/h2-4,8,10-11,18H,5-7,9,12-14H2,1H3. The van der Waals surface area contributed by atoms with Gasteiger partial charge >= 0.3 is 0 Å². The highest BCUT2D eigenvalue weighted by Gasteiger charge is 2.35. The van der Waals surface area contributed by atoms with Gasteiger partial charge in [0.2, 0.25) is 5.91 Å². The van der Waals surface area contributed by atoms with Crippen LogP contribution in [-0.2, 0) is 24.2 Å². The SMILES string of the molecule is Cc1cccc(CCC(=O)N2CC(N3CCc4sccc4C3)C2)c1. The smallest absolute Gasteiger partial charge is 0.223 e. The Bertz CT molecular complexity index is 733. The maximum absolute atomic E-state index is 12.4. The summed E-state index contributed by atoms with van der Waals surface area (Å²) in [6, 6.07) is 11.3. The summed E-state index contributed by atoms with van der Waals surface area (Å²) in [7, 11) is 0. The Balaban J connectivity index is 1.25. The zero-order chi connectivity index (χ0) is 16.5. The number of carbonyl (C=O) groups excluding carboxylic acids is 1. The molecule has 1 amide bonds. The summed E-state index contributed by atoms with van der Waals surface area (Å²) in [5, 5.41) is 2.20. The summed E-state index contributed by atoms with van der Waals surface area (Å²) in [6.45, 7) is 6.12. The number of aryl methyl sites for hydroxylation is 2. The first-order chi connectivity index (χ1) is 11.7. The van der Waals surface area contributed by atoms with Crippen molar-refractivity contribution in [1.82, 2.24) is 9.80 Å². The molecule has 2 aliphatic heterocycles. The average molecular weight is 340 g/mol. The van der Waals surface area contributed by atoms with Crippen molar-refractivity contribution in [3.8, 4) is 0 Å². The lowest BCUT2D eigenvalue weighted by Crippen LogP contribution is -2.61. The van der Waals surface area contributed by atoms with Crippen molar-refractivity contribution < 1.29 is 4.79 Å². The van der Waals surface area contributed by atoms with E-state index in [9.17, 15) is 4.79 Å². The van der Waals surface area contributed by atoms with E-state index in [0.29, 0.717) is 18.4 Å². The van der Waals surface area contributed by atoms with Crippen molar-refractivity contribution in [3.05, 3.63) is 57.3 Å². The molecule has 4 rings (SSSR count). The van der Waals surface area contributed by atoms with Crippen LogP contribution in [0.4, 0.5) is 0 Å². The Hall–Kier alpha value is -1.65. The summed E-state index contributed by atoms with van der Waals surface area (Å²) in [5.41, 5.74) is 4.03. The quantitative estimate of drug-likeness (QED) is 0.853. The minimum Gasteiger partial charge on any atom is -0.339 e. The van der Waals surface area contributed by atoms with Crippen molar-refractivity contribution >= 4 is 17.2 Å². The highest BCUT2D eigenvalue weighted by Crippen LogP contribution is 2.27. The number of hydrogen-bond donors (Lipinski definition) is 0. The van der Waals surface area contributed by atoms with Gasteiger partial charge in [-0.05, 0) is 42.3 Å². The van der Waals surface area contributed by atoms with Gasteiger partial charge in [-0.2, -0.15) is 0 Å². The van der Waals surface area contributed by atoms with Crippen LogP contribution in [0.15, 0.2) is 35.7 Å². The fourth-order valence-electron chi connectivity index (χ4n) is 3.75. The second-order valence-electron chi connectivity index (χ2n) is 7.03. The predicted molar refractivity (Wildman–Crippen MR) is 98.3 cm³/mol. The van der Waals surface area contributed by atoms with Crippen LogP contribution in [0.3, 0.4) is 0 Å². The lowest BCUT2D eigenvalue weighted by Gasteiger charge is -2.46. The molecule has 3 heterocycles. The summed E-state index contributed by atoms with van der Waals surface area (Å²) in [6.07, 6.45) is 2.65. The van der Waals surface area contributed by atoms with Crippen molar-refractivity contribution in [2.45, 2.75) is 38.8 Å². The Kier molecular flexibility index (Phi) is 4.42. The summed E-state index contributed by atoms with van der Waals surface area (Å²) in [4.78, 5) is 18.5. The molecule has 4 heteroatoms. The normalized spacial score (nSPS) is 18.3. The van der Waals surface area contributed by atoms with Gasteiger partial charge in [-0.25, -0.2) is 0 Å². The zero-order valence-corrected chi connectivity index (χ0v) is 15.0. The molecular weight excluding hydrogens is 316 g/mol. The van der Waals surface area contributed by atoms with Crippen LogP contribution in [0.1, 0.15) is 28.0 Å². The van der Waals surface area contributed by atoms with Gasteiger partial charge < -0.3 is 4.90 Å². The first-order valence-corrected chi connectivity index (χ1v) is 9.69. The van der Waals surface area contributed by atoms with Gasteiger partial charge in [-0.3, -0.25) is 9.69 Å². The number of carbonyl (C=O) groups is 1. The van der Waals surface area contributed by atoms with Crippen LogP contribution < -0.4 is 0 Å². The molecular formula is C20H24N2OS. The van der Waals surface area contributed by atoms with E-state index in [0.717, 1.165) is 32.6 Å². The maximum Gasteiger partial charge on any atom is 0.223 e. The molecule has 0 atom stereocenters. The van der Waals surface area contributed by atoms with Crippen LogP contribution in [0.5, 0.6) is 0 Å². The van der Waals surface area contributed by atoms with E-state index in [1.807, 2.05) is 16.2 Å². The van der Waals surface area contributed by atoms with E-state index in [1.165, 1.54) is 23.1 Å². The Morgan fingerprint density at radius 2 is 2.17 bits per heavy atom. The molecule has 0 unspecified atom stereocenters. The number of fused-ring (bicyclic) bond motifs is 1. The largest absolute Gasteiger partial charge is 0.339 e. The predicted octanol–water partition coefficient (Wildman–Crippen LogP) is 3.26. The first-order valence-electron chi connectivity index (χ1n) is 8.81.